The Balaban J connectivity index is 2.20. The Hall–Kier alpha value is -0.960. The average molecular weight is 273 g/mol. The van der Waals surface area contributed by atoms with Crippen LogP contribution in [0.3, 0.4) is 0 Å². The molecule has 1 fully saturated rings. The molecule has 1 aromatic carbocycles. The van der Waals surface area contributed by atoms with E-state index >= 15 is 0 Å². The molecule has 3 atom stereocenters. The Morgan fingerprint density at radius 1 is 1.47 bits per heavy atom. The summed E-state index contributed by atoms with van der Waals surface area (Å²) in [6.07, 6.45) is -0.966. The Kier molecular flexibility index (Phi) is 3.77. The molecule has 1 aliphatic rings. The molecule has 2 rings (SSSR count). The molecule has 0 spiro atoms. The molecule has 0 saturated carbocycles. The highest BCUT2D eigenvalue weighted by Crippen LogP contribution is 2.25. The van der Waals surface area contributed by atoms with Crippen LogP contribution in [0.4, 0.5) is 4.39 Å². The number of hydrogen-bond acceptors (Lipinski definition) is 2. The predicted octanol–water partition coefficient (Wildman–Crippen LogP) is 2.30. The van der Waals surface area contributed by atoms with Gasteiger partial charge in [-0.1, -0.05) is 11.6 Å². The highest BCUT2D eigenvalue weighted by molar-refractivity contribution is 7.82. The highest BCUT2D eigenvalue weighted by atomic mass is 35.5. The molecular weight excluding hydrogens is 263 g/mol. The molecule has 1 aliphatic heterocycles. The summed E-state index contributed by atoms with van der Waals surface area (Å²) in [4.78, 5) is 0.531. The van der Waals surface area contributed by atoms with E-state index in [9.17, 15) is 8.60 Å². The summed E-state index contributed by atoms with van der Waals surface area (Å²) >= 11 is 5.73. The van der Waals surface area contributed by atoms with E-state index in [0.29, 0.717) is 9.92 Å². The lowest BCUT2D eigenvalue weighted by atomic mass is 10.2. The standard InChI is InChI=1S/C11H10ClFN2OS/c12-8-1-3-11(4-2-8)17(16)15-7-9(13)5-10(15)6-14/h1-4,9-10H,5,7H2. The minimum atomic E-state index is -1.51. The molecule has 1 aromatic rings. The second-order valence-corrected chi connectivity index (χ2v) is 5.66. The maximum atomic E-state index is 13.2. The van der Waals surface area contributed by atoms with Gasteiger partial charge in [-0.2, -0.15) is 5.26 Å². The van der Waals surface area contributed by atoms with Crippen molar-refractivity contribution in [2.24, 2.45) is 0 Å². The average Bonchev–Trinajstić information content (AvgIpc) is 2.70. The first kappa shape index (κ1) is 12.5. The largest absolute Gasteiger partial charge is 0.246 e. The molecular formula is C11H10ClFN2OS. The molecule has 0 aromatic heterocycles. The number of benzene rings is 1. The fourth-order valence-electron chi connectivity index (χ4n) is 1.74. The summed E-state index contributed by atoms with van der Waals surface area (Å²) in [5, 5.41) is 9.43. The summed E-state index contributed by atoms with van der Waals surface area (Å²) in [5.74, 6) is 0. The van der Waals surface area contributed by atoms with Crippen molar-refractivity contribution in [3.8, 4) is 6.07 Å². The van der Waals surface area contributed by atoms with Crippen LogP contribution in [0, 0.1) is 11.3 Å². The van der Waals surface area contributed by atoms with Crippen LogP contribution in [0.25, 0.3) is 0 Å². The van der Waals surface area contributed by atoms with E-state index < -0.39 is 23.2 Å². The van der Waals surface area contributed by atoms with E-state index in [2.05, 4.69) is 0 Å². The van der Waals surface area contributed by atoms with Crippen LogP contribution in [-0.4, -0.2) is 27.3 Å². The van der Waals surface area contributed by atoms with Crippen LogP contribution >= 0.6 is 11.6 Å². The van der Waals surface area contributed by atoms with Crippen molar-refractivity contribution < 1.29 is 8.60 Å². The Bertz CT molecular complexity index is 473. The van der Waals surface area contributed by atoms with Gasteiger partial charge in [-0.25, -0.2) is 12.9 Å². The first-order chi connectivity index (χ1) is 8.11. The van der Waals surface area contributed by atoms with Gasteiger partial charge in [0.25, 0.3) is 0 Å². The Morgan fingerprint density at radius 2 is 2.12 bits per heavy atom. The Morgan fingerprint density at radius 3 is 2.71 bits per heavy atom. The lowest BCUT2D eigenvalue weighted by molar-refractivity contribution is 0.347. The Labute approximate surface area is 106 Å². The van der Waals surface area contributed by atoms with Gasteiger partial charge in [0.1, 0.15) is 23.2 Å². The van der Waals surface area contributed by atoms with E-state index in [-0.39, 0.29) is 13.0 Å². The molecule has 0 aliphatic carbocycles. The van der Waals surface area contributed by atoms with Gasteiger partial charge in [0.15, 0.2) is 0 Å². The van der Waals surface area contributed by atoms with Gasteiger partial charge in [0, 0.05) is 18.0 Å². The SMILES string of the molecule is N#CC1CC(F)CN1S(=O)c1ccc(Cl)cc1. The fraction of sp³-hybridized carbons (Fsp3) is 0.364. The van der Waals surface area contributed by atoms with Crippen LogP contribution in [0.1, 0.15) is 6.42 Å². The predicted molar refractivity (Wildman–Crippen MR) is 63.5 cm³/mol. The minimum Gasteiger partial charge on any atom is -0.246 e. The van der Waals surface area contributed by atoms with E-state index in [0.717, 1.165) is 0 Å². The second kappa shape index (κ2) is 5.13. The zero-order valence-electron chi connectivity index (χ0n) is 8.85. The third-order valence-corrected chi connectivity index (χ3v) is 4.34. The van der Waals surface area contributed by atoms with Gasteiger partial charge < -0.3 is 0 Å². The van der Waals surface area contributed by atoms with Crippen LogP contribution in [0.5, 0.6) is 0 Å². The van der Waals surface area contributed by atoms with Crippen LogP contribution in [0.15, 0.2) is 29.2 Å². The lowest BCUT2D eigenvalue weighted by Crippen LogP contribution is -2.30. The first-order valence-electron chi connectivity index (χ1n) is 5.09. The number of halogens is 2. The molecule has 1 saturated heterocycles. The van der Waals surface area contributed by atoms with E-state index in [1.165, 1.54) is 4.31 Å². The van der Waals surface area contributed by atoms with Gasteiger partial charge in [-0.15, -0.1) is 0 Å². The number of rotatable bonds is 2. The monoisotopic (exact) mass is 272 g/mol. The molecule has 6 heteroatoms. The lowest BCUT2D eigenvalue weighted by Gasteiger charge is -2.17. The van der Waals surface area contributed by atoms with Gasteiger partial charge in [0.05, 0.1) is 11.0 Å². The maximum absolute atomic E-state index is 13.2. The van der Waals surface area contributed by atoms with E-state index in [1.807, 2.05) is 6.07 Å². The molecule has 17 heavy (non-hydrogen) atoms. The highest BCUT2D eigenvalue weighted by Gasteiger charge is 2.36. The van der Waals surface area contributed by atoms with E-state index in [1.54, 1.807) is 24.3 Å². The normalized spacial score (nSPS) is 26.6. The van der Waals surface area contributed by atoms with Gasteiger partial charge in [-0.05, 0) is 24.3 Å². The number of hydrogen-bond donors (Lipinski definition) is 0. The molecule has 0 radical (unpaired) electrons. The van der Waals surface area contributed by atoms with Gasteiger partial charge in [0.2, 0.25) is 0 Å². The molecule has 0 N–H and O–H groups in total. The molecule has 3 unspecified atom stereocenters. The molecule has 0 bridgehead atoms. The molecule has 3 nitrogen and oxygen atoms in total. The van der Waals surface area contributed by atoms with Crippen molar-refractivity contribution in [1.29, 1.82) is 5.26 Å². The summed E-state index contributed by atoms with van der Waals surface area (Å²) in [6, 6.07) is 7.84. The topological polar surface area (TPSA) is 44.1 Å². The van der Waals surface area contributed by atoms with Crippen molar-refractivity contribution in [1.82, 2.24) is 4.31 Å². The third kappa shape index (κ3) is 2.65. The zero-order valence-corrected chi connectivity index (χ0v) is 10.4. The second-order valence-electron chi connectivity index (χ2n) is 3.78. The quantitative estimate of drug-likeness (QED) is 0.829. The van der Waals surface area contributed by atoms with Crippen LogP contribution in [0.2, 0.25) is 5.02 Å². The van der Waals surface area contributed by atoms with Crippen molar-refractivity contribution >= 4 is 22.6 Å². The minimum absolute atomic E-state index is 0.0352. The van der Waals surface area contributed by atoms with Gasteiger partial charge >= 0.3 is 0 Å². The first-order valence-corrected chi connectivity index (χ1v) is 6.58. The summed E-state index contributed by atoms with van der Waals surface area (Å²) in [6.45, 7) is 0.0352. The van der Waals surface area contributed by atoms with Crippen LogP contribution in [-0.2, 0) is 11.0 Å². The van der Waals surface area contributed by atoms with Crippen LogP contribution < -0.4 is 0 Å². The molecule has 1 heterocycles. The number of nitriles is 1. The molecule has 0 amide bonds. The number of nitrogens with zero attached hydrogens (tertiary/aromatic N) is 2. The van der Waals surface area contributed by atoms with Crippen molar-refractivity contribution in [3.05, 3.63) is 29.3 Å². The van der Waals surface area contributed by atoms with E-state index in [4.69, 9.17) is 16.9 Å². The van der Waals surface area contributed by atoms with Crippen molar-refractivity contribution in [2.45, 2.75) is 23.5 Å². The summed E-state index contributed by atoms with van der Waals surface area (Å²) in [5.41, 5.74) is 0. The smallest absolute Gasteiger partial charge is 0.128 e. The van der Waals surface area contributed by atoms with Crippen molar-refractivity contribution in [2.75, 3.05) is 6.54 Å². The summed E-state index contributed by atoms with van der Waals surface area (Å²) < 4.78 is 26.7. The summed E-state index contributed by atoms with van der Waals surface area (Å²) in [7, 11) is -1.51. The third-order valence-electron chi connectivity index (χ3n) is 2.58. The van der Waals surface area contributed by atoms with Gasteiger partial charge in [-0.3, -0.25) is 0 Å². The fourth-order valence-corrected chi connectivity index (χ4v) is 3.17. The van der Waals surface area contributed by atoms with Crippen molar-refractivity contribution in [3.63, 3.8) is 0 Å². The zero-order chi connectivity index (χ0) is 12.4. The number of alkyl halides is 1. The maximum Gasteiger partial charge on any atom is 0.128 e. The molecule has 90 valence electrons.